The molecule has 0 saturated carbocycles. The molecular weight excluding hydrogens is 386 g/mol. The Morgan fingerprint density at radius 3 is 2.75 bits per heavy atom. The summed E-state index contributed by atoms with van der Waals surface area (Å²) in [6.45, 7) is 3.49. The Hall–Kier alpha value is -3.34. The molecule has 10 nitrogen and oxygen atoms in total. The standard InChI is InChI=1S/C17H17N5O5S/c1-4-27-14(23)9-21-12-6-5-11(22(25)26)7-13(12)28-17(21)19-16(24)15-10(2)8-18-20(15)3/h5-8H,4,9H2,1-3H3. The summed E-state index contributed by atoms with van der Waals surface area (Å²) in [5, 5.41) is 15.1. The Balaban J connectivity index is 2.17. The third kappa shape index (κ3) is 3.69. The molecule has 28 heavy (non-hydrogen) atoms. The zero-order valence-electron chi connectivity index (χ0n) is 15.4. The number of amides is 1. The number of fused-ring (bicyclic) bond motifs is 1. The number of non-ortho nitro benzene ring substituents is 1. The fraction of sp³-hybridized carbons (Fsp3) is 0.294. The third-order valence-corrected chi connectivity index (χ3v) is 5.03. The fourth-order valence-electron chi connectivity index (χ4n) is 2.74. The lowest BCUT2D eigenvalue weighted by atomic mass is 10.3. The van der Waals surface area contributed by atoms with Gasteiger partial charge >= 0.3 is 5.97 Å². The van der Waals surface area contributed by atoms with Crippen molar-refractivity contribution in [3.8, 4) is 0 Å². The van der Waals surface area contributed by atoms with Gasteiger partial charge in [-0.2, -0.15) is 10.1 Å². The third-order valence-electron chi connectivity index (χ3n) is 3.99. The van der Waals surface area contributed by atoms with Crippen molar-refractivity contribution in [1.82, 2.24) is 14.3 Å². The van der Waals surface area contributed by atoms with Gasteiger partial charge in [-0.3, -0.25) is 24.4 Å². The maximum Gasteiger partial charge on any atom is 0.326 e. The molecule has 0 aliphatic carbocycles. The minimum Gasteiger partial charge on any atom is -0.465 e. The lowest BCUT2D eigenvalue weighted by Crippen LogP contribution is -2.23. The van der Waals surface area contributed by atoms with Gasteiger partial charge in [-0.15, -0.1) is 0 Å². The molecule has 1 amide bonds. The molecule has 1 aromatic carbocycles. The molecule has 0 aliphatic heterocycles. The van der Waals surface area contributed by atoms with E-state index in [4.69, 9.17) is 4.74 Å². The van der Waals surface area contributed by atoms with Gasteiger partial charge < -0.3 is 9.30 Å². The van der Waals surface area contributed by atoms with Crippen LogP contribution in [0.25, 0.3) is 10.2 Å². The van der Waals surface area contributed by atoms with Gasteiger partial charge in [0.15, 0.2) is 4.80 Å². The Kier molecular flexibility index (Phi) is 5.36. The first-order chi connectivity index (χ1) is 13.3. The van der Waals surface area contributed by atoms with Crippen molar-refractivity contribution in [2.24, 2.45) is 12.0 Å². The average molecular weight is 403 g/mol. The average Bonchev–Trinajstić information content (AvgIpc) is 3.14. The van der Waals surface area contributed by atoms with E-state index in [9.17, 15) is 19.7 Å². The molecule has 2 aromatic heterocycles. The van der Waals surface area contributed by atoms with Gasteiger partial charge in [0.2, 0.25) is 0 Å². The summed E-state index contributed by atoms with van der Waals surface area (Å²) in [6, 6.07) is 4.26. The molecule has 0 aliphatic rings. The van der Waals surface area contributed by atoms with Crippen LogP contribution in [0.2, 0.25) is 0 Å². The highest BCUT2D eigenvalue weighted by Crippen LogP contribution is 2.23. The van der Waals surface area contributed by atoms with E-state index in [2.05, 4.69) is 10.1 Å². The van der Waals surface area contributed by atoms with Gasteiger partial charge in [-0.1, -0.05) is 11.3 Å². The van der Waals surface area contributed by atoms with Gasteiger partial charge in [0, 0.05) is 24.7 Å². The van der Waals surface area contributed by atoms with Crippen molar-refractivity contribution < 1.29 is 19.2 Å². The molecule has 0 spiro atoms. The SMILES string of the molecule is CCOC(=O)Cn1c(=NC(=O)c2c(C)cnn2C)sc2cc([N+](=O)[O-])ccc21. The normalized spacial score (nSPS) is 11.8. The summed E-state index contributed by atoms with van der Waals surface area (Å²) < 4.78 is 8.47. The van der Waals surface area contributed by atoms with Crippen LogP contribution in [0, 0.1) is 17.0 Å². The smallest absolute Gasteiger partial charge is 0.326 e. The summed E-state index contributed by atoms with van der Waals surface area (Å²) in [5.41, 5.74) is 1.46. The molecule has 0 radical (unpaired) electrons. The molecule has 146 valence electrons. The van der Waals surface area contributed by atoms with Crippen LogP contribution in [-0.2, 0) is 23.1 Å². The van der Waals surface area contributed by atoms with Crippen LogP contribution in [0.1, 0.15) is 23.0 Å². The van der Waals surface area contributed by atoms with E-state index in [1.165, 1.54) is 27.4 Å². The summed E-state index contributed by atoms with van der Waals surface area (Å²) in [7, 11) is 1.64. The first-order valence-electron chi connectivity index (χ1n) is 8.33. The number of esters is 1. The number of aromatic nitrogens is 3. The topological polar surface area (TPSA) is 122 Å². The quantitative estimate of drug-likeness (QED) is 0.365. The van der Waals surface area contributed by atoms with Crippen molar-refractivity contribution in [3.05, 3.63) is 50.6 Å². The van der Waals surface area contributed by atoms with Crippen LogP contribution in [0.15, 0.2) is 29.4 Å². The minimum absolute atomic E-state index is 0.0857. The number of carbonyl (C=O) groups excluding carboxylic acids is 2. The van der Waals surface area contributed by atoms with Crippen LogP contribution >= 0.6 is 11.3 Å². The predicted octanol–water partition coefficient (Wildman–Crippen LogP) is 1.96. The van der Waals surface area contributed by atoms with Crippen LogP contribution in [0.3, 0.4) is 0 Å². The predicted molar refractivity (Wildman–Crippen MR) is 101 cm³/mol. The molecule has 0 N–H and O–H groups in total. The van der Waals surface area contributed by atoms with Crippen molar-refractivity contribution in [3.63, 3.8) is 0 Å². The molecule has 3 rings (SSSR count). The number of hydrogen-bond donors (Lipinski definition) is 0. The van der Waals surface area contributed by atoms with Crippen molar-refractivity contribution in [2.75, 3.05) is 6.61 Å². The lowest BCUT2D eigenvalue weighted by molar-refractivity contribution is -0.384. The number of carbonyl (C=O) groups is 2. The molecule has 11 heteroatoms. The van der Waals surface area contributed by atoms with Gasteiger partial charge in [-0.05, 0) is 19.9 Å². The minimum atomic E-state index is -0.517. The van der Waals surface area contributed by atoms with Crippen LogP contribution in [0.4, 0.5) is 5.69 Å². The Morgan fingerprint density at radius 1 is 1.39 bits per heavy atom. The summed E-state index contributed by atoms with van der Waals surface area (Å²) in [5.74, 6) is -1.01. The number of rotatable bonds is 5. The maximum absolute atomic E-state index is 12.7. The van der Waals surface area contributed by atoms with Gasteiger partial charge in [-0.25, -0.2) is 0 Å². The fourth-order valence-corrected chi connectivity index (χ4v) is 3.80. The number of nitro benzene ring substituents is 1. The van der Waals surface area contributed by atoms with Gasteiger partial charge in [0.25, 0.3) is 11.6 Å². The van der Waals surface area contributed by atoms with E-state index in [1.54, 1.807) is 27.1 Å². The Morgan fingerprint density at radius 2 is 2.14 bits per heavy atom. The lowest BCUT2D eigenvalue weighted by Gasteiger charge is -2.05. The molecular formula is C17H17N5O5S. The molecule has 0 saturated heterocycles. The summed E-state index contributed by atoms with van der Waals surface area (Å²) >= 11 is 1.09. The van der Waals surface area contributed by atoms with Crippen molar-refractivity contribution in [2.45, 2.75) is 20.4 Å². The second-order valence-corrected chi connectivity index (χ2v) is 6.91. The van der Waals surface area contributed by atoms with Crippen molar-refractivity contribution in [1.29, 1.82) is 0 Å². The monoisotopic (exact) mass is 403 g/mol. The van der Waals surface area contributed by atoms with Gasteiger partial charge in [0.05, 0.1) is 27.9 Å². The molecule has 2 heterocycles. The summed E-state index contributed by atoms with van der Waals surface area (Å²) in [6.07, 6.45) is 1.56. The number of thiazole rings is 1. The largest absolute Gasteiger partial charge is 0.465 e. The first kappa shape index (κ1) is 19.4. The molecule has 0 atom stereocenters. The number of nitrogens with zero attached hydrogens (tertiary/aromatic N) is 5. The second kappa shape index (κ2) is 7.72. The van der Waals surface area contributed by atoms with Crippen LogP contribution < -0.4 is 4.80 Å². The van der Waals surface area contributed by atoms with Crippen molar-refractivity contribution >= 4 is 39.1 Å². The number of hydrogen-bond acceptors (Lipinski definition) is 7. The molecule has 0 fully saturated rings. The highest BCUT2D eigenvalue weighted by atomic mass is 32.1. The van der Waals surface area contributed by atoms with E-state index >= 15 is 0 Å². The van der Waals surface area contributed by atoms with E-state index in [-0.39, 0.29) is 23.6 Å². The number of ether oxygens (including phenoxy) is 1. The molecule has 0 bridgehead atoms. The van der Waals surface area contributed by atoms with Gasteiger partial charge in [0.1, 0.15) is 12.2 Å². The van der Waals surface area contributed by atoms with E-state index in [1.807, 2.05) is 0 Å². The molecule has 3 aromatic rings. The zero-order chi connectivity index (χ0) is 20.4. The number of aryl methyl sites for hydroxylation is 2. The van der Waals surface area contributed by atoms with Crippen LogP contribution in [-0.4, -0.2) is 37.8 Å². The van der Waals surface area contributed by atoms with E-state index in [0.717, 1.165) is 11.3 Å². The zero-order valence-corrected chi connectivity index (χ0v) is 16.2. The Bertz CT molecular complexity index is 1140. The molecule has 0 unspecified atom stereocenters. The van der Waals surface area contributed by atoms with E-state index < -0.39 is 16.8 Å². The second-order valence-electron chi connectivity index (χ2n) is 5.90. The first-order valence-corrected chi connectivity index (χ1v) is 9.14. The highest BCUT2D eigenvalue weighted by molar-refractivity contribution is 7.16. The summed E-state index contributed by atoms with van der Waals surface area (Å²) in [4.78, 5) is 39.6. The maximum atomic E-state index is 12.7. The number of benzene rings is 1. The van der Waals surface area contributed by atoms with Crippen LogP contribution in [0.5, 0.6) is 0 Å². The Labute approximate surface area is 162 Å². The van der Waals surface area contributed by atoms with E-state index in [0.29, 0.717) is 21.5 Å². The number of nitro groups is 1. The highest BCUT2D eigenvalue weighted by Gasteiger charge is 2.17.